The third-order valence-electron chi connectivity index (χ3n) is 11.1. The largest absolute Gasteiger partial charge is 0.466 e. The number of nitrogens with one attached hydrogen (secondary N) is 1. The molecule has 0 spiro atoms. The van der Waals surface area contributed by atoms with Crippen molar-refractivity contribution >= 4 is 11.9 Å². The predicted octanol–water partition coefficient (Wildman–Crippen LogP) is 11.5. The quantitative estimate of drug-likeness (QED) is 0.0414. The normalized spacial score (nSPS) is 12.8. The molecule has 55 heavy (non-hydrogen) atoms. The summed E-state index contributed by atoms with van der Waals surface area (Å²) in [5, 5.41) is 25.0. The van der Waals surface area contributed by atoms with Crippen LogP contribution in [0.3, 0.4) is 0 Å². The van der Waals surface area contributed by atoms with E-state index in [0.29, 0.717) is 45.6 Å². The van der Waals surface area contributed by atoms with Gasteiger partial charge in [0.25, 0.3) is 0 Å². The van der Waals surface area contributed by atoms with E-state index in [0.717, 1.165) is 96.6 Å². The van der Waals surface area contributed by atoms with Crippen molar-refractivity contribution in [1.82, 2.24) is 10.2 Å². The maximum absolute atomic E-state index is 13.0. The zero-order valence-electron chi connectivity index (χ0n) is 37.1. The van der Waals surface area contributed by atoms with E-state index in [-0.39, 0.29) is 17.9 Å². The first-order valence-electron chi connectivity index (χ1n) is 23.9. The molecule has 0 heterocycles. The molecular formula is C47H94N2O6. The van der Waals surface area contributed by atoms with Gasteiger partial charge in [-0.3, -0.25) is 14.5 Å². The summed E-state index contributed by atoms with van der Waals surface area (Å²) in [5.74, 6) is -0.0502. The van der Waals surface area contributed by atoms with Crippen molar-refractivity contribution in [2.45, 2.75) is 238 Å². The molecule has 0 fully saturated rings. The maximum atomic E-state index is 13.0. The number of unbranched alkanes of at least 4 members (excludes halogenated alkanes) is 21. The summed E-state index contributed by atoms with van der Waals surface area (Å²) < 4.78 is 11.2. The van der Waals surface area contributed by atoms with Gasteiger partial charge in [0.05, 0.1) is 31.3 Å². The molecule has 2 unspecified atom stereocenters. The Hall–Kier alpha value is -1.22. The van der Waals surface area contributed by atoms with Gasteiger partial charge in [0.1, 0.15) is 0 Å². The van der Waals surface area contributed by atoms with Gasteiger partial charge in [-0.2, -0.15) is 0 Å². The number of hydrogen-bond acceptors (Lipinski definition) is 8. The van der Waals surface area contributed by atoms with Gasteiger partial charge < -0.3 is 25.0 Å². The minimum atomic E-state index is -0.467. The first-order chi connectivity index (χ1) is 26.9. The average molecular weight is 783 g/mol. The molecule has 0 amide bonds. The number of rotatable bonds is 44. The number of esters is 2. The standard InChI is InChI=1S/C47H94N2O6/c1-5-8-11-14-17-18-21-26-36-46(52)54-39-31-27-35-45(51)42-49(38-29-28-37-48-4)41-44(50)34-25-22-30-40-55-47(53)43(32-23-19-15-12-9-6-2)33-24-20-16-13-10-7-3/h43-45,48,50-51H,5-42H2,1-4H3. The first kappa shape index (κ1) is 53.8. The van der Waals surface area contributed by atoms with Gasteiger partial charge in [-0.25, -0.2) is 0 Å². The number of nitrogens with zero attached hydrogens (tertiary/aromatic N) is 1. The zero-order valence-corrected chi connectivity index (χ0v) is 37.1. The maximum Gasteiger partial charge on any atom is 0.308 e. The van der Waals surface area contributed by atoms with Gasteiger partial charge >= 0.3 is 11.9 Å². The van der Waals surface area contributed by atoms with Crippen LogP contribution < -0.4 is 5.32 Å². The third kappa shape index (κ3) is 38.1. The fraction of sp³-hybridized carbons (Fsp3) is 0.957. The molecule has 0 aromatic rings. The molecule has 0 bridgehead atoms. The van der Waals surface area contributed by atoms with E-state index in [1.807, 2.05) is 7.05 Å². The highest BCUT2D eigenvalue weighted by atomic mass is 16.5. The van der Waals surface area contributed by atoms with E-state index in [1.165, 1.54) is 103 Å². The van der Waals surface area contributed by atoms with Crippen molar-refractivity contribution in [2.24, 2.45) is 5.92 Å². The Morgan fingerprint density at radius 1 is 0.509 bits per heavy atom. The second-order valence-electron chi connectivity index (χ2n) is 16.6. The summed E-state index contributed by atoms with van der Waals surface area (Å²) in [7, 11) is 1.96. The lowest BCUT2D eigenvalue weighted by Gasteiger charge is -2.27. The minimum Gasteiger partial charge on any atom is -0.466 e. The van der Waals surface area contributed by atoms with Crippen molar-refractivity contribution < 1.29 is 29.3 Å². The number of ether oxygens (including phenoxy) is 2. The van der Waals surface area contributed by atoms with E-state index in [1.54, 1.807) is 0 Å². The molecule has 0 aromatic carbocycles. The van der Waals surface area contributed by atoms with Crippen molar-refractivity contribution in [2.75, 3.05) is 46.4 Å². The lowest BCUT2D eigenvalue weighted by molar-refractivity contribution is -0.149. The number of hydrogen-bond donors (Lipinski definition) is 3. The Balaban J connectivity index is 4.39. The van der Waals surface area contributed by atoms with Crippen molar-refractivity contribution in [3.63, 3.8) is 0 Å². The van der Waals surface area contributed by atoms with E-state index in [2.05, 4.69) is 31.0 Å². The Labute approximate surface area is 341 Å². The van der Waals surface area contributed by atoms with Crippen molar-refractivity contribution in [1.29, 1.82) is 0 Å². The van der Waals surface area contributed by atoms with Crippen LogP contribution in [0.5, 0.6) is 0 Å². The van der Waals surface area contributed by atoms with Crippen LogP contribution in [0.2, 0.25) is 0 Å². The molecule has 8 nitrogen and oxygen atoms in total. The van der Waals surface area contributed by atoms with Gasteiger partial charge in [-0.15, -0.1) is 0 Å². The Morgan fingerprint density at radius 2 is 0.927 bits per heavy atom. The number of aliphatic hydroxyl groups is 2. The molecule has 8 heteroatoms. The molecule has 0 aliphatic carbocycles. The fourth-order valence-electron chi connectivity index (χ4n) is 7.49. The minimum absolute atomic E-state index is 0.00437. The van der Waals surface area contributed by atoms with Crippen molar-refractivity contribution in [3.8, 4) is 0 Å². The van der Waals surface area contributed by atoms with Crippen LogP contribution >= 0.6 is 0 Å². The number of aliphatic hydroxyl groups excluding tert-OH is 2. The van der Waals surface area contributed by atoms with Gasteiger partial charge in [0, 0.05) is 19.5 Å². The van der Waals surface area contributed by atoms with Crippen LogP contribution in [-0.2, 0) is 19.1 Å². The predicted molar refractivity (Wildman–Crippen MR) is 233 cm³/mol. The SMILES string of the molecule is CCCCCCCCCCC(=O)OCCCCC(O)CN(CCCCNC)CC(O)CCCCCOC(=O)C(CCCCCCCC)CCCCCCCC. The third-order valence-corrected chi connectivity index (χ3v) is 11.1. The van der Waals surface area contributed by atoms with Crippen LogP contribution in [0.25, 0.3) is 0 Å². The summed E-state index contributed by atoms with van der Waals surface area (Å²) in [6.07, 6.45) is 33.8. The monoisotopic (exact) mass is 783 g/mol. The average Bonchev–Trinajstić information content (AvgIpc) is 3.17. The molecular weight excluding hydrogens is 689 g/mol. The van der Waals surface area contributed by atoms with Gasteiger partial charge in [-0.1, -0.05) is 149 Å². The number of carbonyl (C=O) groups is 2. The molecule has 0 saturated carbocycles. The molecule has 0 aromatic heterocycles. The van der Waals surface area contributed by atoms with E-state index in [9.17, 15) is 19.8 Å². The molecule has 3 N–H and O–H groups in total. The summed E-state index contributed by atoms with van der Waals surface area (Å²) in [4.78, 5) is 27.3. The molecule has 0 aliphatic heterocycles. The Bertz CT molecular complexity index is 798. The first-order valence-corrected chi connectivity index (χ1v) is 23.9. The summed E-state index contributed by atoms with van der Waals surface area (Å²) in [6.45, 7) is 10.5. The van der Waals surface area contributed by atoms with Gasteiger partial charge in [0.15, 0.2) is 0 Å². The van der Waals surface area contributed by atoms with Gasteiger partial charge in [0.2, 0.25) is 0 Å². The topological polar surface area (TPSA) is 108 Å². The molecule has 0 radical (unpaired) electrons. The van der Waals surface area contributed by atoms with Crippen LogP contribution in [0.1, 0.15) is 226 Å². The van der Waals surface area contributed by atoms with E-state index in [4.69, 9.17) is 9.47 Å². The van der Waals surface area contributed by atoms with Crippen LogP contribution in [-0.4, -0.2) is 85.7 Å². The summed E-state index contributed by atoms with van der Waals surface area (Å²) in [5.41, 5.74) is 0. The van der Waals surface area contributed by atoms with Crippen LogP contribution in [0.15, 0.2) is 0 Å². The molecule has 0 rings (SSSR count). The second kappa shape index (κ2) is 42.4. The number of carbonyl (C=O) groups excluding carboxylic acids is 2. The van der Waals surface area contributed by atoms with Crippen molar-refractivity contribution in [3.05, 3.63) is 0 Å². The lowest BCUT2D eigenvalue weighted by atomic mass is 9.94. The molecule has 328 valence electrons. The second-order valence-corrected chi connectivity index (χ2v) is 16.6. The lowest BCUT2D eigenvalue weighted by Crippen LogP contribution is -2.39. The van der Waals surface area contributed by atoms with E-state index < -0.39 is 12.2 Å². The fourth-order valence-corrected chi connectivity index (χ4v) is 7.49. The highest BCUT2D eigenvalue weighted by Gasteiger charge is 2.20. The molecule has 0 saturated heterocycles. The summed E-state index contributed by atoms with van der Waals surface area (Å²) >= 11 is 0. The van der Waals surface area contributed by atoms with E-state index >= 15 is 0 Å². The van der Waals surface area contributed by atoms with Gasteiger partial charge in [-0.05, 0) is 90.8 Å². The molecule has 0 aliphatic rings. The Morgan fingerprint density at radius 3 is 1.45 bits per heavy atom. The zero-order chi connectivity index (χ0) is 40.5. The highest BCUT2D eigenvalue weighted by molar-refractivity contribution is 5.72. The smallest absolute Gasteiger partial charge is 0.308 e. The molecule has 2 atom stereocenters. The Kier molecular flexibility index (Phi) is 41.4. The van der Waals surface area contributed by atoms with Crippen LogP contribution in [0, 0.1) is 5.92 Å². The summed E-state index contributed by atoms with van der Waals surface area (Å²) in [6, 6.07) is 0. The highest BCUT2D eigenvalue weighted by Crippen LogP contribution is 2.21. The van der Waals surface area contributed by atoms with Crippen LogP contribution in [0.4, 0.5) is 0 Å².